The lowest BCUT2D eigenvalue weighted by atomic mass is 9.86. The second kappa shape index (κ2) is 7.38. The molecule has 2 aliphatic rings. The third kappa shape index (κ3) is 3.42. The molecule has 0 bridgehead atoms. The summed E-state index contributed by atoms with van der Waals surface area (Å²) in [5.74, 6) is 1.58. The van der Waals surface area contributed by atoms with Gasteiger partial charge < -0.3 is 9.64 Å². The van der Waals surface area contributed by atoms with Crippen LogP contribution in [-0.2, 0) is 0 Å². The number of hydrogen-bond donors (Lipinski definition) is 0. The third-order valence-electron chi connectivity index (χ3n) is 5.61. The molecule has 0 saturated carbocycles. The van der Waals surface area contributed by atoms with Crippen LogP contribution in [0.15, 0.2) is 46.9 Å². The van der Waals surface area contributed by atoms with Gasteiger partial charge in [-0.3, -0.25) is 4.90 Å². The Bertz CT molecular complexity index is 721. The number of benzene rings is 2. The molecule has 2 aromatic rings. The van der Waals surface area contributed by atoms with E-state index in [9.17, 15) is 0 Å². The summed E-state index contributed by atoms with van der Waals surface area (Å²) in [5.41, 5.74) is 2.67. The van der Waals surface area contributed by atoms with E-state index in [-0.39, 0.29) is 0 Å². The van der Waals surface area contributed by atoms with Crippen LogP contribution in [0.4, 0.5) is 5.69 Å². The van der Waals surface area contributed by atoms with E-state index in [1.54, 1.807) is 7.11 Å². The van der Waals surface area contributed by atoms with Crippen molar-refractivity contribution in [2.24, 2.45) is 0 Å². The zero-order chi connectivity index (χ0) is 17.2. The number of rotatable bonds is 3. The highest BCUT2D eigenvalue weighted by Crippen LogP contribution is 2.38. The van der Waals surface area contributed by atoms with Gasteiger partial charge in [0.15, 0.2) is 5.75 Å². The van der Waals surface area contributed by atoms with Crippen LogP contribution in [0.5, 0.6) is 5.75 Å². The average Bonchev–Trinajstić information content (AvgIpc) is 2.67. The summed E-state index contributed by atoms with van der Waals surface area (Å²) in [4.78, 5) is 5.16. The molecule has 4 heteroatoms. The van der Waals surface area contributed by atoms with Crippen molar-refractivity contribution in [3.8, 4) is 5.75 Å². The van der Waals surface area contributed by atoms with Gasteiger partial charge in [0.25, 0.3) is 0 Å². The van der Waals surface area contributed by atoms with Crippen molar-refractivity contribution in [1.82, 2.24) is 4.90 Å². The lowest BCUT2D eigenvalue weighted by molar-refractivity contribution is 0.119. The standard InChI is InChI=1S/C21H24BrN2O/c1-25-21-19(22)8-5-9-20(21)24-13-12-23-14-17(10-11-18(23)15-24)16-6-3-2-4-7-16/h2-7,9,17-18H,10-15H2,1H3/t17-,18+/m0/s1. The summed E-state index contributed by atoms with van der Waals surface area (Å²) >= 11 is 3.56. The number of hydrogen-bond acceptors (Lipinski definition) is 3. The molecule has 2 atom stereocenters. The molecule has 3 nitrogen and oxygen atoms in total. The fraction of sp³-hybridized carbons (Fsp3) is 0.429. The minimum Gasteiger partial charge on any atom is -0.493 e. The van der Waals surface area contributed by atoms with Crippen molar-refractivity contribution in [3.63, 3.8) is 0 Å². The molecule has 2 heterocycles. The number of ether oxygens (including phenoxy) is 1. The summed E-state index contributed by atoms with van der Waals surface area (Å²) in [6.07, 6.45) is 2.54. The van der Waals surface area contributed by atoms with Crippen LogP contribution < -0.4 is 9.64 Å². The van der Waals surface area contributed by atoms with E-state index in [2.05, 4.69) is 68.2 Å². The van der Waals surface area contributed by atoms with Crippen LogP contribution in [0, 0.1) is 6.07 Å². The molecule has 2 aromatic carbocycles. The fourth-order valence-corrected chi connectivity index (χ4v) is 4.78. The molecule has 0 spiro atoms. The molecular weight excluding hydrogens is 376 g/mol. The van der Waals surface area contributed by atoms with Gasteiger partial charge in [0.2, 0.25) is 0 Å². The highest BCUT2D eigenvalue weighted by molar-refractivity contribution is 9.10. The van der Waals surface area contributed by atoms with Crippen molar-refractivity contribution in [2.75, 3.05) is 38.2 Å². The van der Waals surface area contributed by atoms with Crippen LogP contribution in [-0.4, -0.2) is 44.2 Å². The molecule has 2 fully saturated rings. The second-order valence-electron chi connectivity index (χ2n) is 6.99. The van der Waals surface area contributed by atoms with Gasteiger partial charge >= 0.3 is 0 Å². The van der Waals surface area contributed by atoms with Gasteiger partial charge in [-0.1, -0.05) is 36.4 Å². The molecule has 0 N–H and O–H groups in total. The smallest absolute Gasteiger partial charge is 0.156 e. The third-order valence-corrected chi connectivity index (χ3v) is 6.20. The average molecular weight is 400 g/mol. The maximum absolute atomic E-state index is 5.61. The minimum atomic E-state index is 0.640. The Morgan fingerprint density at radius 1 is 1.08 bits per heavy atom. The van der Waals surface area contributed by atoms with Gasteiger partial charge in [0.1, 0.15) is 0 Å². The lowest BCUT2D eigenvalue weighted by Crippen LogP contribution is -2.56. The largest absolute Gasteiger partial charge is 0.493 e. The van der Waals surface area contributed by atoms with E-state index >= 15 is 0 Å². The Morgan fingerprint density at radius 2 is 1.92 bits per heavy atom. The van der Waals surface area contributed by atoms with E-state index in [1.807, 2.05) is 6.07 Å². The van der Waals surface area contributed by atoms with E-state index in [0.717, 1.165) is 29.9 Å². The highest BCUT2D eigenvalue weighted by atomic mass is 79.9. The van der Waals surface area contributed by atoms with Crippen molar-refractivity contribution in [1.29, 1.82) is 0 Å². The summed E-state index contributed by atoms with van der Waals surface area (Å²) in [6, 6.07) is 18.9. The molecule has 0 aliphatic carbocycles. The molecule has 1 radical (unpaired) electrons. The zero-order valence-corrected chi connectivity index (χ0v) is 16.2. The Hall–Kier alpha value is -1.52. The van der Waals surface area contributed by atoms with Crippen LogP contribution in [0.2, 0.25) is 0 Å². The van der Waals surface area contributed by atoms with Crippen molar-refractivity contribution < 1.29 is 4.74 Å². The number of piperazine rings is 1. The Kier molecular flexibility index (Phi) is 5.00. The zero-order valence-electron chi connectivity index (χ0n) is 14.6. The molecule has 2 aliphatic heterocycles. The first-order chi connectivity index (χ1) is 12.3. The van der Waals surface area contributed by atoms with Gasteiger partial charge in [-0.15, -0.1) is 0 Å². The first kappa shape index (κ1) is 16.9. The lowest BCUT2D eigenvalue weighted by Gasteiger charge is -2.47. The maximum atomic E-state index is 5.61. The van der Waals surface area contributed by atoms with Crippen molar-refractivity contribution in [3.05, 3.63) is 58.6 Å². The molecule has 0 amide bonds. The van der Waals surface area contributed by atoms with E-state index in [1.165, 1.54) is 30.6 Å². The SMILES string of the molecule is COc1c(Br)[c]ccc1N1CCN2C[C@@H](c3ccccc3)CC[C@@H]2C1. The van der Waals surface area contributed by atoms with Gasteiger partial charge in [0, 0.05) is 38.3 Å². The van der Waals surface area contributed by atoms with E-state index < -0.39 is 0 Å². The quantitative estimate of drug-likeness (QED) is 0.763. The number of methoxy groups -OCH3 is 1. The van der Waals surface area contributed by atoms with Gasteiger partial charge in [-0.2, -0.15) is 0 Å². The van der Waals surface area contributed by atoms with Crippen LogP contribution in [0.25, 0.3) is 0 Å². The molecule has 4 rings (SSSR count). The summed E-state index contributed by atoms with van der Waals surface area (Å²) in [5, 5.41) is 0. The number of piperidine rings is 1. The number of anilines is 1. The van der Waals surface area contributed by atoms with E-state index in [0.29, 0.717) is 12.0 Å². The second-order valence-corrected chi connectivity index (χ2v) is 7.78. The predicted octanol–water partition coefficient (Wildman–Crippen LogP) is 4.33. The molecule has 2 saturated heterocycles. The van der Waals surface area contributed by atoms with Crippen LogP contribution in [0.3, 0.4) is 0 Å². The summed E-state index contributed by atoms with van der Waals surface area (Å²) in [6.45, 7) is 4.43. The molecular formula is C21H24BrN2O. The summed E-state index contributed by atoms with van der Waals surface area (Å²) in [7, 11) is 1.73. The Balaban J connectivity index is 1.47. The maximum Gasteiger partial charge on any atom is 0.156 e. The Morgan fingerprint density at radius 3 is 2.72 bits per heavy atom. The van der Waals surface area contributed by atoms with Crippen molar-refractivity contribution in [2.45, 2.75) is 24.8 Å². The van der Waals surface area contributed by atoms with E-state index in [4.69, 9.17) is 4.74 Å². The summed E-state index contributed by atoms with van der Waals surface area (Å²) < 4.78 is 6.51. The van der Waals surface area contributed by atoms with Crippen LogP contribution >= 0.6 is 15.9 Å². The minimum absolute atomic E-state index is 0.640. The molecule has 0 unspecified atom stereocenters. The normalized spacial score (nSPS) is 24.0. The number of nitrogens with zero attached hydrogens (tertiary/aromatic N) is 2. The molecule has 131 valence electrons. The highest BCUT2D eigenvalue weighted by Gasteiger charge is 2.34. The molecule has 0 aromatic heterocycles. The first-order valence-corrected chi connectivity index (χ1v) is 9.83. The van der Waals surface area contributed by atoms with Gasteiger partial charge in [0.05, 0.1) is 17.3 Å². The topological polar surface area (TPSA) is 15.7 Å². The monoisotopic (exact) mass is 399 g/mol. The van der Waals surface area contributed by atoms with Crippen LogP contribution in [0.1, 0.15) is 24.3 Å². The molecule has 25 heavy (non-hydrogen) atoms. The first-order valence-electron chi connectivity index (χ1n) is 9.04. The predicted molar refractivity (Wildman–Crippen MR) is 106 cm³/mol. The fourth-order valence-electron chi connectivity index (χ4n) is 4.28. The number of halogens is 1. The van der Waals surface area contributed by atoms with Gasteiger partial charge in [-0.05, 0) is 46.3 Å². The Labute approximate surface area is 158 Å². The number of fused-ring (bicyclic) bond motifs is 1. The van der Waals surface area contributed by atoms with Crippen molar-refractivity contribution >= 4 is 21.6 Å². The van der Waals surface area contributed by atoms with Gasteiger partial charge in [-0.25, -0.2) is 0 Å².